The Kier molecular flexibility index (Phi) is 3.10. The van der Waals surface area contributed by atoms with Gasteiger partial charge in [-0.15, -0.1) is 0 Å². The molecular formula is C12H13N3O3. The van der Waals surface area contributed by atoms with E-state index in [0.29, 0.717) is 30.1 Å². The zero-order valence-corrected chi connectivity index (χ0v) is 10.2. The Morgan fingerprint density at radius 1 is 1.44 bits per heavy atom. The fourth-order valence-corrected chi connectivity index (χ4v) is 1.90. The molecule has 2 rings (SSSR count). The van der Waals surface area contributed by atoms with E-state index in [1.54, 1.807) is 26.0 Å². The van der Waals surface area contributed by atoms with Crippen molar-refractivity contribution in [2.75, 3.05) is 13.1 Å². The van der Waals surface area contributed by atoms with Gasteiger partial charge in [0.15, 0.2) is 0 Å². The van der Waals surface area contributed by atoms with Crippen LogP contribution in [0.5, 0.6) is 0 Å². The number of nitrogens with zero attached hydrogens (tertiary/aromatic N) is 3. The topological polar surface area (TPSA) is 75.8 Å². The van der Waals surface area contributed by atoms with Crippen molar-refractivity contribution >= 4 is 17.4 Å². The Hall–Kier alpha value is -2.24. The van der Waals surface area contributed by atoms with Crippen molar-refractivity contribution in [3.8, 4) is 0 Å². The van der Waals surface area contributed by atoms with Gasteiger partial charge in [0.05, 0.1) is 11.5 Å². The van der Waals surface area contributed by atoms with E-state index in [0.717, 1.165) is 0 Å². The summed E-state index contributed by atoms with van der Waals surface area (Å²) in [4.78, 5) is 28.2. The molecule has 1 aliphatic heterocycles. The van der Waals surface area contributed by atoms with Crippen molar-refractivity contribution in [2.45, 2.75) is 13.8 Å². The molecule has 0 saturated carbocycles. The van der Waals surface area contributed by atoms with E-state index < -0.39 is 4.92 Å². The third-order valence-corrected chi connectivity index (χ3v) is 2.95. The minimum absolute atomic E-state index is 0.0327. The first-order valence-corrected chi connectivity index (χ1v) is 5.58. The number of nitro groups is 1. The molecule has 1 aromatic rings. The minimum Gasteiger partial charge on any atom is -0.295 e. The predicted molar refractivity (Wildman–Crippen MR) is 66.8 cm³/mol. The second-order valence-corrected chi connectivity index (χ2v) is 4.14. The van der Waals surface area contributed by atoms with Crippen molar-refractivity contribution in [1.82, 2.24) is 4.90 Å². The lowest BCUT2D eigenvalue weighted by atomic mass is 10.1. The summed E-state index contributed by atoms with van der Waals surface area (Å²) in [5, 5.41) is 10.8. The molecule has 6 nitrogen and oxygen atoms in total. The molecule has 0 aromatic heterocycles. The van der Waals surface area contributed by atoms with E-state index >= 15 is 0 Å². The van der Waals surface area contributed by atoms with Gasteiger partial charge in [0, 0.05) is 23.7 Å². The van der Waals surface area contributed by atoms with Gasteiger partial charge in [0.25, 0.3) is 11.6 Å². The van der Waals surface area contributed by atoms with Crippen molar-refractivity contribution in [3.63, 3.8) is 0 Å². The molecule has 0 spiro atoms. The number of hydrogen-bond donors (Lipinski definition) is 0. The molecule has 1 aromatic carbocycles. The number of benzene rings is 1. The Balaban J connectivity index is 2.34. The van der Waals surface area contributed by atoms with E-state index in [1.165, 1.54) is 11.0 Å². The predicted octanol–water partition coefficient (Wildman–Crippen LogP) is 1.78. The number of carbonyl (C=O) groups is 1. The zero-order chi connectivity index (χ0) is 13.3. The second kappa shape index (κ2) is 4.56. The van der Waals surface area contributed by atoms with Gasteiger partial charge in [0.2, 0.25) is 0 Å². The highest BCUT2D eigenvalue weighted by Crippen LogP contribution is 2.20. The molecule has 0 bridgehead atoms. The van der Waals surface area contributed by atoms with Gasteiger partial charge in [-0.05, 0) is 19.9 Å². The highest BCUT2D eigenvalue weighted by atomic mass is 16.6. The van der Waals surface area contributed by atoms with Crippen LogP contribution in [0.3, 0.4) is 0 Å². The maximum atomic E-state index is 12.2. The summed E-state index contributed by atoms with van der Waals surface area (Å²) in [6.07, 6.45) is 0. The minimum atomic E-state index is -0.475. The summed E-state index contributed by atoms with van der Waals surface area (Å²) >= 11 is 0. The third-order valence-electron chi connectivity index (χ3n) is 2.95. The number of hydrogen-bond acceptors (Lipinski definition) is 4. The second-order valence-electron chi connectivity index (χ2n) is 4.14. The lowest BCUT2D eigenvalue weighted by molar-refractivity contribution is -0.385. The lowest BCUT2D eigenvalue weighted by Crippen LogP contribution is -2.32. The van der Waals surface area contributed by atoms with E-state index in [4.69, 9.17) is 0 Å². The first-order valence-electron chi connectivity index (χ1n) is 5.58. The van der Waals surface area contributed by atoms with Crippen molar-refractivity contribution < 1.29 is 9.72 Å². The van der Waals surface area contributed by atoms with Gasteiger partial charge in [-0.2, -0.15) is 0 Å². The number of aliphatic imine (C=N–C) groups is 1. The van der Waals surface area contributed by atoms with Crippen LogP contribution < -0.4 is 0 Å². The highest BCUT2D eigenvalue weighted by molar-refractivity contribution is 6.06. The normalized spacial score (nSPS) is 14.6. The molecule has 6 heteroatoms. The molecule has 18 heavy (non-hydrogen) atoms. The molecule has 1 aliphatic rings. The van der Waals surface area contributed by atoms with E-state index in [9.17, 15) is 14.9 Å². The van der Waals surface area contributed by atoms with Crippen LogP contribution in [0.2, 0.25) is 0 Å². The van der Waals surface area contributed by atoms with Gasteiger partial charge >= 0.3 is 0 Å². The number of rotatable bonds is 2. The first-order chi connectivity index (χ1) is 8.50. The Bertz CT molecular complexity index is 551. The van der Waals surface area contributed by atoms with Crippen LogP contribution >= 0.6 is 0 Å². The number of carbonyl (C=O) groups excluding carboxylic acids is 1. The average molecular weight is 247 g/mol. The molecule has 1 amide bonds. The van der Waals surface area contributed by atoms with Crippen molar-refractivity contribution in [2.24, 2.45) is 4.99 Å². The molecule has 1 heterocycles. The van der Waals surface area contributed by atoms with Crippen LogP contribution in [0.15, 0.2) is 23.2 Å². The van der Waals surface area contributed by atoms with Crippen LogP contribution in [-0.4, -0.2) is 34.7 Å². The molecule has 0 saturated heterocycles. The van der Waals surface area contributed by atoms with Gasteiger partial charge < -0.3 is 0 Å². The SMILES string of the molecule is CC1=NCCN1C(=O)c1ccc(C)c([N+](=O)[O-])c1. The number of amidine groups is 1. The van der Waals surface area contributed by atoms with E-state index in [2.05, 4.69) is 4.99 Å². The van der Waals surface area contributed by atoms with Crippen molar-refractivity contribution in [1.29, 1.82) is 0 Å². The van der Waals surface area contributed by atoms with Gasteiger partial charge in [-0.1, -0.05) is 6.07 Å². The summed E-state index contributed by atoms with van der Waals surface area (Å²) < 4.78 is 0. The average Bonchev–Trinajstić information content (AvgIpc) is 2.75. The largest absolute Gasteiger partial charge is 0.295 e. The van der Waals surface area contributed by atoms with E-state index in [1.807, 2.05) is 0 Å². The van der Waals surface area contributed by atoms with Gasteiger partial charge in [-0.25, -0.2) is 0 Å². The molecular weight excluding hydrogens is 234 g/mol. The number of amides is 1. The third kappa shape index (κ3) is 2.09. The van der Waals surface area contributed by atoms with Gasteiger partial charge in [-0.3, -0.25) is 24.8 Å². The molecule has 0 N–H and O–H groups in total. The smallest absolute Gasteiger partial charge is 0.273 e. The maximum absolute atomic E-state index is 12.2. The van der Waals surface area contributed by atoms with Crippen LogP contribution in [0, 0.1) is 17.0 Å². The first kappa shape index (κ1) is 12.2. The summed E-state index contributed by atoms with van der Waals surface area (Å²) in [7, 11) is 0. The fraction of sp³-hybridized carbons (Fsp3) is 0.333. The number of nitro benzene ring substituents is 1. The van der Waals surface area contributed by atoms with Crippen LogP contribution in [0.4, 0.5) is 5.69 Å². The monoisotopic (exact) mass is 247 g/mol. The Labute approximate surface area is 104 Å². The zero-order valence-electron chi connectivity index (χ0n) is 10.2. The summed E-state index contributed by atoms with van der Waals surface area (Å²) in [6.45, 7) is 4.53. The molecule has 0 unspecified atom stereocenters. The fourth-order valence-electron chi connectivity index (χ4n) is 1.90. The van der Waals surface area contributed by atoms with Crippen LogP contribution in [-0.2, 0) is 0 Å². The highest BCUT2D eigenvalue weighted by Gasteiger charge is 2.23. The van der Waals surface area contributed by atoms with Crippen LogP contribution in [0.25, 0.3) is 0 Å². The lowest BCUT2D eigenvalue weighted by Gasteiger charge is -2.15. The Morgan fingerprint density at radius 3 is 2.72 bits per heavy atom. The molecule has 0 aliphatic carbocycles. The summed E-state index contributed by atoms with van der Waals surface area (Å²) in [5.74, 6) is 0.417. The standard InChI is InChI=1S/C12H13N3O3/c1-8-3-4-10(7-11(8)15(17)18)12(16)14-6-5-13-9(14)2/h3-4,7H,5-6H2,1-2H3. The molecule has 0 fully saturated rings. The maximum Gasteiger partial charge on any atom is 0.273 e. The van der Waals surface area contributed by atoms with E-state index in [-0.39, 0.29) is 11.6 Å². The molecule has 94 valence electrons. The summed E-state index contributed by atoms with van der Waals surface area (Å²) in [6, 6.07) is 4.52. The Morgan fingerprint density at radius 2 is 2.17 bits per heavy atom. The quantitative estimate of drug-likeness (QED) is 0.590. The van der Waals surface area contributed by atoms with Crippen molar-refractivity contribution in [3.05, 3.63) is 39.4 Å². The molecule has 0 atom stereocenters. The summed E-state index contributed by atoms with van der Waals surface area (Å²) in [5.41, 5.74) is 0.835. The molecule has 0 radical (unpaired) electrons. The van der Waals surface area contributed by atoms with Gasteiger partial charge in [0.1, 0.15) is 5.84 Å². The van der Waals surface area contributed by atoms with Crippen LogP contribution in [0.1, 0.15) is 22.8 Å². The number of aryl methyl sites for hydroxylation is 1.